The highest BCUT2D eigenvalue weighted by Crippen LogP contribution is 2.43. The van der Waals surface area contributed by atoms with Crippen molar-refractivity contribution in [3.05, 3.63) is 35.9 Å². The Labute approximate surface area is 91.9 Å². The fraction of sp³-hybridized carbons (Fsp3) is 0.538. The predicted molar refractivity (Wildman–Crippen MR) is 63.7 cm³/mol. The van der Waals surface area contributed by atoms with Crippen molar-refractivity contribution in [3.63, 3.8) is 0 Å². The molecule has 3 N–H and O–H groups in total. The topological polar surface area (TPSA) is 38.0 Å². The van der Waals surface area contributed by atoms with E-state index in [1.165, 1.54) is 18.4 Å². The van der Waals surface area contributed by atoms with E-state index in [2.05, 4.69) is 35.6 Å². The second-order valence-corrected chi connectivity index (χ2v) is 4.62. The van der Waals surface area contributed by atoms with E-state index in [1.807, 2.05) is 0 Å². The van der Waals surface area contributed by atoms with Crippen LogP contribution in [-0.4, -0.2) is 19.6 Å². The Morgan fingerprint density at radius 3 is 2.53 bits per heavy atom. The number of hydrogen-bond donors (Lipinski definition) is 2. The molecule has 0 unspecified atom stereocenters. The van der Waals surface area contributed by atoms with Crippen LogP contribution in [0.5, 0.6) is 0 Å². The van der Waals surface area contributed by atoms with Crippen molar-refractivity contribution in [3.8, 4) is 0 Å². The van der Waals surface area contributed by atoms with Crippen molar-refractivity contribution < 1.29 is 0 Å². The SMILES string of the molecule is NCC1(CNCCc2ccccc2)CC1. The molecule has 0 spiro atoms. The summed E-state index contributed by atoms with van der Waals surface area (Å²) in [5, 5.41) is 3.51. The van der Waals surface area contributed by atoms with E-state index >= 15 is 0 Å². The maximum atomic E-state index is 5.72. The number of hydrogen-bond acceptors (Lipinski definition) is 2. The van der Waals surface area contributed by atoms with Gasteiger partial charge in [-0.3, -0.25) is 0 Å². The number of benzene rings is 1. The molecule has 0 radical (unpaired) electrons. The zero-order chi connectivity index (χ0) is 10.6. The van der Waals surface area contributed by atoms with Crippen LogP contribution in [0.3, 0.4) is 0 Å². The lowest BCUT2D eigenvalue weighted by atomic mass is 10.1. The average Bonchev–Trinajstić information content (AvgIpc) is 3.07. The lowest BCUT2D eigenvalue weighted by molar-refractivity contribution is 0.470. The molecule has 1 saturated carbocycles. The molecular weight excluding hydrogens is 184 g/mol. The highest BCUT2D eigenvalue weighted by Gasteiger charge is 2.40. The largest absolute Gasteiger partial charge is 0.330 e. The summed E-state index contributed by atoms with van der Waals surface area (Å²) in [6.45, 7) is 2.99. The first-order valence-corrected chi connectivity index (χ1v) is 5.79. The maximum absolute atomic E-state index is 5.72. The molecule has 15 heavy (non-hydrogen) atoms. The van der Waals surface area contributed by atoms with Crippen LogP contribution >= 0.6 is 0 Å². The molecule has 1 aliphatic carbocycles. The van der Waals surface area contributed by atoms with Gasteiger partial charge in [0.2, 0.25) is 0 Å². The molecule has 2 nitrogen and oxygen atoms in total. The van der Waals surface area contributed by atoms with Gasteiger partial charge in [0.15, 0.2) is 0 Å². The molecule has 1 aliphatic rings. The standard InChI is InChI=1S/C13H20N2/c14-10-13(7-8-13)11-15-9-6-12-4-2-1-3-5-12/h1-5,15H,6-11,14H2. The molecule has 0 saturated heterocycles. The van der Waals surface area contributed by atoms with E-state index in [-0.39, 0.29) is 0 Å². The van der Waals surface area contributed by atoms with E-state index in [9.17, 15) is 0 Å². The van der Waals surface area contributed by atoms with E-state index in [0.717, 1.165) is 26.1 Å². The molecule has 0 aliphatic heterocycles. The molecule has 0 bridgehead atoms. The first kappa shape index (κ1) is 10.7. The van der Waals surface area contributed by atoms with Crippen molar-refractivity contribution in [2.45, 2.75) is 19.3 Å². The van der Waals surface area contributed by atoms with Crippen LogP contribution in [0, 0.1) is 5.41 Å². The molecule has 82 valence electrons. The fourth-order valence-corrected chi connectivity index (χ4v) is 1.86. The van der Waals surface area contributed by atoms with E-state index in [1.54, 1.807) is 0 Å². The van der Waals surface area contributed by atoms with Crippen molar-refractivity contribution in [1.82, 2.24) is 5.32 Å². The Morgan fingerprint density at radius 2 is 1.93 bits per heavy atom. The van der Waals surface area contributed by atoms with E-state index < -0.39 is 0 Å². The fourth-order valence-electron chi connectivity index (χ4n) is 1.86. The highest BCUT2D eigenvalue weighted by molar-refractivity contribution is 5.14. The molecule has 0 amide bonds. The molecule has 0 atom stereocenters. The number of rotatable bonds is 6. The summed E-state index contributed by atoms with van der Waals surface area (Å²) in [5.74, 6) is 0. The van der Waals surface area contributed by atoms with Crippen LogP contribution in [0.25, 0.3) is 0 Å². The second-order valence-electron chi connectivity index (χ2n) is 4.62. The van der Waals surface area contributed by atoms with Gasteiger partial charge in [-0.2, -0.15) is 0 Å². The Kier molecular flexibility index (Phi) is 3.39. The molecule has 1 aromatic carbocycles. The van der Waals surface area contributed by atoms with Crippen LogP contribution in [0.1, 0.15) is 18.4 Å². The Hall–Kier alpha value is -0.860. The number of nitrogens with two attached hydrogens (primary N) is 1. The minimum Gasteiger partial charge on any atom is -0.330 e. The third-order valence-corrected chi connectivity index (χ3v) is 3.32. The van der Waals surface area contributed by atoms with Crippen molar-refractivity contribution in [2.24, 2.45) is 11.1 Å². The third kappa shape index (κ3) is 3.05. The van der Waals surface area contributed by atoms with Crippen molar-refractivity contribution in [1.29, 1.82) is 0 Å². The van der Waals surface area contributed by atoms with Crippen molar-refractivity contribution >= 4 is 0 Å². The molecular formula is C13H20N2. The van der Waals surface area contributed by atoms with Crippen LogP contribution < -0.4 is 11.1 Å². The quantitative estimate of drug-likeness (QED) is 0.690. The minimum atomic E-state index is 0.455. The monoisotopic (exact) mass is 204 g/mol. The average molecular weight is 204 g/mol. The Bertz CT molecular complexity index is 291. The van der Waals surface area contributed by atoms with Gasteiger partial charge in [-0.25, -0.2) is 0 Å². The van der Waals surface area contributed by atoms with Gasteiger partial charge < -0.3 is 11.1 Å². The Morgan fingerprint density at radius 1 is 1.20 bits per heavy atom. The zero-order valence-corrected chi connectivity index (χ0v) is 9.21. The Balaban J connectivity index is 1.63. The van der Waals surface area contributed by atoms with Gasteiger partial charge in [0.1, 0.15) is 0 Å². The van der Waals surface area contributed by atoms with Crippen LogP contribution in [0.2, 0.25) is 0 Å². The molecule has 0 aromatic heterocycles. The summed E-state index contributed by atoms with van der Waals surface area (Å²) in [4.78, 5) is 0. The smallest absolute Gasteiger partial charge is 0.00200 e. The molecule has 0 heterocycles. The van der Waals surface area contributed by atoms with Crippen LogP contribution in [-0.2, 0) is 6.42 Å². The second kappa shape index (κ2) is 4.77. The zero-order valence-electron chi connectivity index (χ0n) is 9.21. The maximum Gasteiger partial charge on any atom is 0.00200 e. The lowest BCUT2D eigenvalue weighted by Crippen LogP contribution is -2.30. The minimum absolute atomic E-state index is 0.455. The van der Waals surface area contributed by atoms with Gasteiger partial charge in [0.25, 0.3) is 0 Å². The first-order chi connectivity index (χ1) is 7.35. The van der Waals surface area contributed by atoms with Crippen molar-refractivity contribution in [2.75, 3.05) is 19.6 Å². The van der Waals surface area contributed by atoms with Crippen LogP contribution in [0.4, 0.5) is 0 Å². The van der Waals surface area contributed by atoms with E-state index in [4.69, 9.17) is 5.73 Å². The summed E-state index contributed by atoms with van der Waals surface area (Å²) < 4.78 is 0. The highest BCUT2D eigenvalue weighted by atomic mass is 14.9. The number of nitrogens with one attached hydrogen (secondary N) is 1. The van der Waals surface area contributed by atoms with E-state index in [0.29, 0.717) is 5.41 Å². The van der Waals surface area contributed by atoms with Gasteiger partial charge >= 0.3 is 0 Å². The summed E-state index contributed by atoms with van der Waals surface area (Å²) in [6, 6.07) is 10.6. The third-order valence-electron chi connectivity index (χ3n) is 3.32. The summed E-state index contributed by atoms with van der Waals surface area (Å²) >= 11 is 0. The van der Waals surface area contributed by atoms with Gasteiger partial charge in [-0.1, -0.05) is 30.3 Å². The summed E-state index contributed by atoms with van der Waals surface area (Å²) in [5.41, 5.74) is 7.58. The van der Waals surface area contributed by atoms with Gasteiger partial charge in [0, 0.05) is 6.54 Å². The van der Waals surface area contributed by atoms with Gasteiger partial charge in [-0.05, 0) is 43.3 Å². The molecule has 1 fully saturated rings. The summed E-state index contributed by atoms with van der Waals surface area (Å²) in [6.07, 6.45) is 3.73. The lowest BCUT2D eigenvalue weighted by Gasteiger charge is -2.13. The molecule has 1 aromatic rings. The summed E-state index contributed by atoms with van der Waals surface area (Å²) in [7, 11) is 0. The predicted octanol–water partition coefficient (Wildman–Crippen LogP) is 1.56. The van der Waals surface area contributed by atoms with Crippen LogP contribution in [0.15, 0.2) is 30.3 Å². The van der Waals surface area contributed by atoms with Gasteiger partial charge in [-0.15, -0.1) is 0 Å². The molecule has 2 heteroatoms. The van der Waals surface area contributed by atoms with Gasteiger partial charge in [0.05, 0.1) is 0 Å². The normalized spacial score (nSPS) is 17.7. The molecule has 2 rings (SSSR count). The first-order valence-electron chi connectivity index (χ1n) is 5.79.